The van der Waals surface area contributed by atoms with Gasteiger partial charge in [0.15, 0.2) is 21.4 Å². The lowest BCUT2D eigenvalue weighted by Crippen LogP contribution is -2.04. The second kappa shape index (κ2) is 5.57. The van der Waals surface area contributed by atoms with Gasteiger partial charge in [-0.05, 0) is 28.1 Å². The maximum absolute atomic E-state index is 11.1. The SMILES string of the molecule is COC(=O)CSc1nnc(-c2ccc(Br)o2)n1C. The summed E-state index contributed by atoms with van der Waals surface area (Å²) in [5, 5.41) is 8.66. The van der Waals surface area contributed by atoms with Crippen LogP contribution in [0.5, 0.6) is 0 Å². The molecular weight excluding hydrogens is 322 g/mol. The Kier molecular flexibility index (Phi) is 4.07. The first-order chi connectivity index (χ1) is 8.61. The first-order valence-corrected chi connectivity index (χ1v) is 6.74. The molecule has 8 heteroatoms. The van der Waals surface area contributed by atoms with Crippen LogP contribution in [0.1, 0.15) is 0 Å². The van der Waals surface area contributed by atoms with Crippen LogP contribution in [-0.2, 0) is 16.6 Å². The van der Waals surface area contributed by atoms with Crippen LogP contribution in [0.2, 0.25) is 0 Å². The van der Waals surface area contributed by atoms with Gasteiger partial charge in [-0.15, -0.1) is 10.2 Å². The third kappa shape index (κ3) is 2.75. The van der Waals surface area contributed by atoms with Crippen LogP contribution in [0.3, 0.4) is 0 Å². The van der Waals surface area contributed by atoms with Crippen molar-refractivity contribution < 1.29 is 13.9 Å². The fourth-order valence-electron chi connectivity index (χ4n) is 1.27. The number of hydrogen-bond donors (Lipinski definition) is 0. The van der Waals surface area contributed by atoms with E-state index in [-0.39, 0.29) is 11.7 Å². The zero-order chi connectivity index (χ0) is 13.1. The standard InChI is InChI=1S/C10H10BrN3O3S/c1-14-9(6-3-4-7(11)17-6)12-13-10(14)18-5-8(15)16-2/h3-4H,5H2,1-2H3. The number of methoxy groups -OCH3 is 1. The van der Waals surface area contributed by atoms with Crippen LogP contribution in [0, 0.1) is 0 Å². The number of thioether (sulfide) groups is 1. The molecule has 2 heterocycles. The highest BCUT2D eigenvalue weighted by Crippen LogP contribution is 2.26. The first-order valence-electron chi connectivity index (χ1n) is 4.96. The van der Waals surface area contributed by atoms with Gasteiger partial charge in [0.25, 0.3) is 0 Å². The minimum absolute atomic E-state index is 0.199. The summed E-state index contributed by atoms with van der Waals surface area (Å²) >= 11 is 4.49. The van der Waals surface area contributed by atoms with Gasteiger partial charge in [-0.3, -0.25) is 4.79 Å². The quantitative estimate of drug-likeness (QED) is 0.631. The fourth-order valence-corrected chi connectivity index (χ4v) is 2.32. The summed E-state index contributed by atoms with van der Waals surface area (Å²) in [6.07, 6.45) is 0. The van der Waals surface area contributed by atoms with Gasteiger partial charge < -0.3 is 13.7 Å². The van der Waals surface area contributed by atoms with Gasteiger partial charge in [0.05, 0.1) is 12.9 Å². The van der Waals surface area contributed by atoms with E-state index in [0.717, 1.165) is 0 Å². The van der Waals surface area contributed by atoms with E-state index in [4.69, 9.17) is 4.42 Å². The number of carbonyl (C=O) groups excluding carboxylic acids is 1. The number of aromatic nitrogens is 3. The summed E-state index contributed by atoms with van der Waals surface area (Å²) in [6, 6.07) is 3.58. The van der Waals surface area contributed by atoms with Gasteiger partial charge in [-0.25, -0.2) is 0 Å². The third-order valence-corrected chi connectivity index (χ3v) is 3.60. The molecule has 18 heavy (non-hydrogen) atoms. The van der Waals surface area contributed by atoms with Gasteiger partial charge >= 0.3 is 5.97 Å². The molecule has 0 fully saturated rings. The Labute approximate surface area is 116 Å². The largest absolute Gasteiger partial charge is 0.468 e. The average Bonchev–Trinajstić information content (AvgIpc) is 2.93. The van der Waals surface area contributed by atoms with E-state index in [2.05, 4.69) is 30.9 Å². The Morgan fingerprint density at radius 1 is 1.56 bits per heavy atom. The molecule has 0 aliphatic rings. The molecule has 0 radical (unpaired) electrons. The average molecular weight is 332 g/mol. The van der Waals surface area contributed by atoms with Crippen LogP contribution in [0.4, 0.5) is 0 Å². The Hall–Kier alpha value is -1.28. The minimum Gasteiger partial charge on any atom is -0.468 e. The molecule has 2 aromatic heterocycles. The molecule has 0 bridgehead atoms. The van der Waals surface area contributed by atoms with E-state index >= 15 is 0 Å². The second-order valence-corrected chi connectivity index (χ2v) is 5.06. The third-order valence-electron chi connectivity index (χ3n) is 2.18. The summed E-state index contributed by atoms with van der Waals surface area (Å²) in [5.41, 5.74) is 0. The maximum atomic E-state index is 11.1. The summed E-state index contributed by atoms with van der Waals surface area (Å²) in [6.45, 7) is 0. The lowest BCUT2D eigenvalue weighted by molar-refractivity contribution is -0.137. The Morgan fingerprint density at radius 3 is 2.94 bits per heavy atom. The first kappa shape index (κ1) is 13.2. The number of halogens is 1. The van der Waals surface area contributed by atoms with E-state index in [1.54, 1.807) is 16.7 Å². The zero-order valence-corrected chi connectivity index (χ0v) is 12.1. The van der Waals surface area contributed by atoms with Crippen molar-refractivity contribution in [3.8, 4) is 11.6 Å². The van der Waals surface area contributed by atoms with Crippen molar-refractivity contribution >= 4 is 33.7 Å². The molecule has 0 amide bonds. The minimum atomic E-state index is -0.301. The highest BCUT2D eigenvalue weighted by atomic mass is 79.9. The highest BCUT2D eigenvalue weighted by Gasteiger charge is 2.15. The van der Waals surface area contributed by atoms with Crippen molar-refractivity contribution in [2.75, 3.05) is 12.9 Å². The number of hydrogen-bond acceptors (Lipinski definition) is 6. The molecule has 0 spiro atoms. The predicted octanol–water partition coefficient (Wildman–Crippen LogP) is 2.10. The normalized spacial score (nSPS) is 10.6. The van der Waals surface area contributed by atoms with Crippen LogP contribution in [0.15, 0.2) is 26.4 Å². The molecule has 0 saturated carbocycles. The van der Waals surface area contributed by atoms with Gasteiger partial charge in [-0.1, -0.05) is 11.8 Å². The van der Waals surface area contributed by atoms with Crippen LogP contribution in [-0.4, -0.2) is 33.6 Å². The van der Waals surface area contributed by atoms with Crippen LogP contribution < -0.4 is 0 Å². The van der Waals surface area contributed by atoms with Crippen molar-refractivity contribution in [3.05, 3.63) is 16.8 Å². The van der Waals surface area contributed by atoms with Gasteiger partial charge in [0.2, 0.25) is 0 Å². The summed E-state index contributed by atoms with van der Waals surface area (Å²) < 4.78 is 12.4. The van der Waals surface area contributed by atoms with E-state index in [0.29, 0.717) is 21.4 Å². The fraction of sp³-hybridized carbons (Fsp3) is 0.300. The molecule has 0 aromatic carbocycles. The molecule has 0 aliphatic carbocycles. The highest BCUT2D eigenvalue weighted by molar-refractivity contribution is 9.10. The van der Waals surface area contributed by atoms with Crippen LogP contribution >= 0.6 is 27.7 Å². The number of esters is 1. The molecule has 0 N–H and O–H groups in total. The number of carbonyl (C=O) groups is 1. The van der Waals surface area contributed by atoms with Crippen molar-refractivity contribution in [2.45, 2.75) is 5.16 Å². The molecular formula is C10H10BrN3O3S. The van der Waals surface area contributed by atoms with Crippen molar-refractivity contribution in [1.82, 2.24) is 14.8 Å². The molecule has 96 valence electrons. The monoisotopic (exact) mass is 331 g/mol. The smallest absolute Gasteiger partial charge is 0.316 e. The van der Waals surface area contributed by atoms with E-state index < -0.39 is 0 Å². The van der Waals surface area contributed by atoms with E-state index in [1.807, 2.05) is 7.05 Å². The summed E-state index contributed by atoms with van der Waals surface area (Å²) in [4.78, 5) is 11.1. The lowest BCUT2D eigenvalue weighted by atomic mass is 10.4. The second-order valence-electron chi connectivity index (χ2n) is 3.33. The molecule has 0 aliphatic heterocycles. The van der Waals surface area contributed by atoms with Gasteiger partial charge in [0, 0.05) is 7.05 Å². The molecule has 2 aromatic rings. The number of furan rings is 1. The van der Waals surface area contributed by atoms with Crippen molar-refractivity contribution in [2.24, 2.45) is 7.05 Å². The number of rotatable bonds is 4. The molecule has 0 atom stereocenters. The Balaban J connectivity index is 2.16. The molecule has 6 nitrogen and oxygen atoms in total. The number of nitrogens with zero attached hydrogens (tertiary/aromatic N) is 3. The summed E-state index contributed by atoms with van der Waals surface area (Å²) in [5.74, 6) is 1.12. The van der Waals surface area contributed by atoms with Gasteiger partial charge in [-0.2, -0.15) is 0 Å². The van der Waals surface area contributed by atoms with E-state index in [1.165, 1.54) is 18.9 Å². The zero-order valence-electron chi connectivity index (χ0n) is 9.71. The van der Waals surface area contributed by atoms with Crippen LogP contribution in [0.25, 0.3) is 11.6 Å². The van der Waals surface area contributed by atoms with Gasteiger partial charge in [0.1, 0.15) is 0 Å². The Bertz CT molecular complexity index is 566. The molecule has 2 rings (SSSR count). The molecule has 0 saturated heterocycles. The maximum Gasteiger partial charge on any atom is 0.316 e. The Morgan fingerprint density at radius 2 is 2.33 bits per heavy atom. The van der Waals surface area contributed by atoms with E-state index in [9.17, 15) is 4.79 Å². The predicted molar refractivity (Wildman–Crippen MR) is 69.1 cm³/mol. The summed E-state index contributed by atoms with van der Waals surface area (Å²) in [7, 11) is 3.16. The van der Waals surface area contributed by atoms with Crippen molar-refractivity contribution in [3.63, 3.8) is 0 Å². The molecule has 0 unspecified atom stereocenters. The number of ether oxygens (including phenoxy) is 1. The lowest BCUT2D eigenvalue weighted by Gasteiger charge is -2.01. The van der Waals surface area contributed by atoms with Crippen molar-refractivity contribution in [1.29, 1.82) is 0 Å². The topological polar surface area (TPSA) is 70.2 Å².